The maximum atomic E-state index is 12.9. The van der Waals surface area contributed by atoms with Gasteiger partial charge in [0.05, 0.1) is 5.56 Å². The van der Waals surface area contributed by atoms with Gasteiger partial charge in [-0.3, -0.25) is 0 Å². The third kappa shape index (κ3) is 3.63. The number of para-hydroxylation sites is 1. The molecule has 0 aliphatic rings. The molecule has 1 aromatic carbocycles. The molecule has 0 saturated heterocycles. The zero-order chi connectivity index (χ0) is 14.0. The lowest BCUT2D eigenvalue weighted by Crippen LogP contribution is -2.37. The molecule has 1 rings (SSSR count). The molecule has 0 aliphatic carbocycles. The number of alkyl halides is 3. The summed E-state index contributed by atoms with van der Waals surface area (Å²) < 4.78 is 38.6. The van der Waals surface area contributed by atoms with E-state index in [4.69, 9.17) is 5.73 Å². The Bertz CT molecular complexity index is 399. The Morgan fingerprint density at radius 3 is 2.22 bits per heavy atom. The fourth-order valence-corrected chi connectivity index (χ4v) is 1.84. The van der Waals surface area contributed by atoms with Crippen molar-refractivity contribution in [3.8, 4) is 0 Å². The van der Waals surface area contributed by atoms with E-state index in [0.717, 1.165) is 6.07 Å². The van der Waals surface area contributed by atoms with Crippen molar-refractivity contribution in [2.45, 2.75) is 20.0 Å². The molecule has 18 heavy (non-hydrogen) atoms. The van der Waals surface area contributed by atoms with Gasteiger partial charge in [0, 0.05) is 19.3 Å². The van der Waals surface area contributed by atoms with E-state index in [1.165, 1.54) is 12.1 Å². The van der Waals surface area contributed by atoms with Crippen LogP contribution in [0.2, 0.25) is 0 Å². The Labute approximate surface area is 106 Å². The molecule has 0 radical (unpaired) electrons. The van der Waals surface area contributed by atoms with Gasteiger partial charge in [0.1, 0.15) is 0 Å². The molecular formula is C13H19F3N2. The van der Waals surface area contributed by atoms with Crippen molar-refractivity contribution in [1.29, 1.82) is 0 Å². The quantitative estimate of drug-likeness (QED) is 0.901. The van der Waals surface area contributed by atoms with Gasteiger partial charge in [-0.25, -0.2) is 0 Å². The molecule has 0 unspecified atom stereocenters. The van der Waals surface area contributed by atoms with Gasteiger partial charge in [0.25, 0.3) is 0 Å². The van der Waals surface area contributed by atoms with E-state index in [1.54, 1.807) is 18.0 Å². The van der Waals surface area contributed by atoms with Crippen LogP contribution in [0.1, 0.15) is 19.4 Å². The summed E-state index contributed by atoms with van der Waals surface area (Å²) in [6.07, 6.45) is -4.34. The molecule has 0 aliphatic heterocycles. The first-order chi connectivity index (χ1) is 8.17. The van der Waals surface area contributed by atoms with Crippen LogP contribution in [0.5, 0.6) is 0 Å². The standard InChI is InChI=1S/C13H19F3N2/c1-12(2,8-17)9-18(3)11-7-5-4-6-10(11)13(14,15)16/h4-7H,8-9,17H2,1-3H3. The summed E-state index contributed by atoms with van der Waals surface area (Å²) in [5.41, 5.74) is 4.95. The maximum Gasteiger partial charge on any atom is 0.418 e. The zero-order valence-corrected chi connectivity index (χ0v) is 10.9. The number of halogens is 3. The molecule has 0 aromatic heterocycles. The minimum Gasteiger partial charge on any atom is -0.374 e. The van der Waals surface area contributed by atoms with E-state index in [9.17, 15) is 13.2 Å². The van der Waals surface area contributed by atoms with Crippen molar-refractivity contribution in [2.24, 2.45) is 11.1 Å². The monoisotopic (exact) mass is 260 g/mol. The van der Waals surface area contributed by atoms with Crippen LogP contribution in [0.15, 0.2) is 24.3 Å². The Morgan fingerprint density at radius 1 is 1.17 bits per heavy atom. The third-order valence-corrected chi connectivity index (χ3v) is 2.84. The van der Waals surface area contributed by atoms with Crippen LogP contribution >= 0.6 is 0 Å². The SMILES string of the molecule is CN(CC(C)(C)CN)c1ccccc1C(F)(F)F. The predicted octanol–water partition coefficient (Wildman–Crippen LogP) is 3.13. The zero-order valence-electron chi connectivity index (χ0n) is 10.9. The van der Waals surface area contributed by atoms with Crippen LogP contribution in [0.25, 0.3) is 0 Å². The van der Waals surface area contributed by atoms with E-state index in [0.29, 0.717) is 13.1 Å². The van der Waals surface area contributed by atoms with Gasteiger partial charge in [0.2, 0.25) is 0 Å². The summed E-state index contributed by atoms with van der Waals surface area (Å²) in [6, 6.07) is 5.58. The molecule has 0 spiro atoms. The van der Waals surface area contributed by atoms with Crippen LogP contribution in [0.4, 0.5) is 18.9 Å². The van der Waals surface area contributed by atoms with E-state index >= 15 is 0 Å². The summed E-state index contributed by atoms with van der Waals surface area (Å²) in [7, 11) is 1.65. The molecule has 0 amide bonds. The summed E-state index contributed by atoms with van der Waals surface area (Å²) in [4.78, 5) is 1.61. The van der Waals surface area contributed by atoms with E-state index in [2.05, 4.69) is 0 Å². The smallest absolute Gasteiger partial charge is 0.374 e. The molecular weight excluding hydrogens is 241 g/mol. The lowest BCUT2D eigenvalue weighted by molar-refractivity contribution is -0.137. The summed E-state index contributed by atoms with van der Waals surface area (Å²) in [5.74, 6) is 0. The van der Waals surface area contributed by atoms with Crippen LogP contribution in [-0.4, -0.2) is 20.1 Å². The largest absolute Gasteiger partial charge is 0.418 e. The first-order valence-corrected chi connectivity index (χ1v) is 5.75. The molecule has 0 bridgehead atoms. The third-order valence-electron chi connectivity index (χ3n) is 2.84. The molecule has 102 valence electrons. The molecule has 1 aromatic rings. The Kier molecular flexibility index (Phi) is 4.27. The van der Waals surface area contributed by atoms with Crippen LogP contribution in [0, 0.1) is 5.41 Å². The van der Waals surface area contributed by atoms with Crippen LogP contribution in [-0.2, 0) is 6.18 Å². The second kappa shape index (κ2) is 5.18. The van der Waals surface area contributed by atoms with Gasteiger partial charge >= 0.3 is 6.18 Å². The van der Waals surface area contributed by atoms with Gasteiger partial charge in [-0.05, 0) is 24.1 Å². The number of anilines is 1. The first-order valence-electron chi connectivity index (χ1n) is 5.75. The van der Waals surface area contributed by atoms with Crippen molar-refractivity contribution >= 4 is 5.69 Å². The van der Waals surface area contributed by atoms with E-state index in [-0.39, 0.29) is 11.1 Å². The average Bonchev–Trinajstić information content (AvgIpc) is 2.27. The van der Waals surface area contributed by atoms with Crippen molar-refractivity contribution in [3.05, 3.63) is 29.8 Å². The highest BCUT2D eigenvalue weighted by molar-refractivity contribution is 5.54. The Morgan fingerprint density at radius 2 is 1.72 bits per heavy atom. The molecule has 0 atom stereocenters. The highest BCUT2D eigenvalue weighted by Gasteiger charge is 2.34. The Hall–Kier alpha value is -1.23. The number of nitrogens with two attached hydrogens (primary N) is 1. The highest BCUT2D eigenvalue weighted by atomic mass is 19.4. The van der Waals surface area contributed by atoms with Crippen molar-refractivity contribution < 1.29 is 13.2 Å². The normalized spacial score (nSPS) is 12.6. The first kappa shape index (κ1) is 14.8. The Balaban J connectivity index is 3.03. The minimum absolute atomic E-state index is 0.187. The number of rotatable bonds is 4. The van der Waals surface area contributed by atoms with Crippen LogP contribution < -0.4 is 10.6 Å². The van der Waals surface area contributed by atoms with Gasteiger partial charge in [0.15, 0.2) is 0 Å². The molecule has 5 heteroatoms. The fourth-order valence-electron chi connectivity index (χ4n) is 1.84. The van der Waals surface area contributed by atoms with Gasteiger partial charge < -0.3 is 10.6 Å². The van der Waals surface area contributed by atoms with Gasteiger partial charge in [-0.15, -0.1) is 0 Å². The van der Waals surface area contributed by atoms with Crippen molar-refractivity contribution in [2.75, 3.05) is 25.0 Å². The van der Waals surface area contributed by atoms with E-state index < -0.39 is 11.7 Å². The van der Waals surface area contributed by atoms with Crippen molar-refractivity contribution in [3.63, 3.8) is 0 Å². The average molecular weight is 260 g/mol. The molecule has 0 saturated carbocycles. The number of benzene rings is 1. The molecule has 0 heterocycles. The fraction of sp³-hybridized carbons (Fsp3) is 0.538. The van der Waals surface area contributed by atoms with Crippen molar-refractivity contribution in [1.82, 2.24) is 0 Å². The summed E-state index contributed by atoms with van der Waals surface area (Å²) >= 11 is 0. The number of nitrogens with zero attached hydrogens (tertiary/aromatic N) is 1. The predicted molar refractivity (Wildman–Crippen MR) is 67.5 cm³/mol. The maximum absolute atomic E-state index is 12.9. The minimum atomic E-state index is -4.34. The molecule has 2 nitrogen and oxygen atoms in total. The lowest BCUT2D eigenvalue weighted by atomic mass is 9.93. The topological polar surface area (TPSA) is 29.3 Å². The lowest BCUT2D eigenvalue weighted by Gasteiger charge is -2.32. The summed E-state index contributed by atoms with van der Waals surface area (Å²) in [6.45, 7) is 4.75. The van der Waals surface area contributed by atoms with Gasteiger partial charge in [-0.1, -0.05) is 26.0 Å². The number of hydrogen-bond acceptors (Lipinski definition) is 2. The highest BCUT2D eigenvalue weighted by Crippen LogP contribution is 2.36. The number of hydrogen-bond donors (Lipinski definition) is 1. The molecule has 0 fully saturated rings. The van der Waals surface area contributed by atoms with Crippen LogP contribution in [0.3, 0.4) is 0 Å². The second-order valence-electron chi connectivity index (χ2n) is 5.24. The second-order valence-corrected chi connectivity index (χ2v) is 5.24. The van der Waals surface area contributed by atoms with Gasteiger partial charge in [-0.2, -0.15) is 13.2 Å². The summed E-state index contributed by atoms with van der Waals surface area (Å²) in [5, 5.41) is 0. The molecule has 2 N–H and O–H groups in total. The van der Waals surface area contributed by atoms with E-state index in [1.807, 2.05) is 13.8 Å².